The Hall–Kier alpha value is -1.55. The van der Waals surface area contributed by atoms with Crippen molar-refractivity contribution in [2.75, 3.05) is 19.7 Å². The highest BCUT2D eigenvalue weighted by molar-refractivity contribution is 5.78. The van der Waals surface area contributed by atoms with Gasteiger partial charge in [0.15, 0.2) is 0 Å². The highest BCUT2D eigenvalue weighted by Crippen LogP contribution is 2.07. The van der Waals surface area contributed by atoms with Crippen LogP contribution in [0.15, 0.2) is 30.3 Å². The van der Waals surface area contributed by atoms with Crippen LogP contribution in [-0.2, 0) is 4.79 Å². The molecule has 0 aromatic heterocycles. The van der Waals surface area contributed by atoms with Crippen LogP contribution in [0.4, 0.5) is 0 Å². The Bertz CT molecular complexity index is 377. The van der Waals surface area contributed by atoms with Crippen LogP contribution in [0.3, 0.4) is 0 Å². The molecule has 0 unspecified atom stereocenters. The Morgan fingerprint density at radius 3 is 2.58 bits per heavy atom. The minimum atomic E-state index is -0.140. The third kappa shape index (κ3) is 6.82. The first-order chi connectivity index (χ1) is 9.03. The van der Waals surface area contributed by atoms with Gasteiger partial charge in [-0.1, -0.05) is 25.1 Å². The minimum Gasteiger partial charge on any atom is -0.492 e. The summed E-state index contributed by atoms with van der Waals surface area (Å²) in [4.78, 5) is 11.6. The number of para-hydroxylation sites is 1. The summed E-state index contributed by atoms with van der Waals surface area (Å²) in [6.07, 6.45) is 0.913. The van der Waals surface area contributed by atoms with Crippen LogP contribution < -0.4 is 15.4 Å². The Morgan fingerprint density at radius 2 is 1.95 bits per heavy atom. The monoisotopic (exact) mass is 264 g/mol. The third-order valence-corrected chi connectivity index (χ3v) is 2.94. The summed E-state index contributed by atoms with van der Waals surface area (Å²) >= 11 is 0. The second-order valence-corrected chi connectivity index (χ2v) is 5.12. The molecule has 0 aliphatic heterocycles. The van der Waals surface area contributed by atoms with E-state index in [0.29, 0.717) is 19.7 Å². The molecular formula is C15H24N2O2. The number of benzene rings is 1. The maximum Gasteiger partial charge on any atom is 0.234 e. The molecule has 0 heterocycles. The van der Waals surface area contributed by atoms with E-state index in [4.69, 9.17) is 4.74 Å². The molecule has 0 bridgehead atoms. The highest BCUT2D eigenvalue weighted by atomic mass is 16.5. The van der Waals surface area contributed by atoms with Crippen molar-refractivity contribution in [3.8, 4) is 5.75 Å². The number of hydrogen-bond donors (Lipinski definition) is 2. The first-order valence-corrected chi connectivity index (χ1v) is 6.73. The lowest BCUT2D eigenvalue weighted by Gasteiger charge is -2.24. The number of hydrogen-bond acceptors (Lipinski definition) is 3. The van der Waals surface area contributed by atoms with E-state index in [0.717, 1.165) is 12.2 Å². The van der Waals surface area contributed by atoms with Crippen LogP contribution in [0.1, 0.15) is 27.2 Å². The molecule has 106 valence electrons. The fourth-order valence-corrected chi connectivity index (χ4v) is 1.47. The predicted molar refractivity (Wildman–Crippen MR) is 77.3 cm³/mol. The molecule has 0 spiro atoms. The number of nitrogens with one attached hydrogen (secondary N) is 2. The molecule has 4 nitrogen and oxygen atoms in total. The molecule has 0 saturated carbocycles. The van der Waals surface area contributed by atoms with Crippen molar-refractivity contribution in [2.45, 2.75) is 32.7 Å². The second kappa shape index (κ2) is 7.79. The molecule has 19 heavy (non-hydrogen) atoms. The van der Waals surface area contributed by atoms with Gasteiger partial charge in [0.25, 0.3) is 0 Å². The van der Waals surface area contributed by atoms with Crippen LogP contribution in [-0.4, -0.2) is 31.1 Å². The first kappa shape index (κ1) is 15.5. The van der Waals surface area contributed by atoms with E-state index in [1.807, 2.05) is 44.2 Å². The number of carbonyl (C=O) groups is 1. The molecule has 0 atom stereocenters. The lowest BCUT2D eigenvalue weighted by molar-refractivity contribution is -0.121. The quantitative estimate of drug-likeness (QED) is 0.706. The van der Waals surface area contributed by atoms with Crippen molar-refractivity contribution in [1.82, 2.24) is 10.6 Å². The van der Waals surface area contributed by atoms with E-state index < -0.39 is 0 Å². The van der Waals surface area contributed by atoms with Gasteiger partial charge < -0.3 is 15.4 Å². The zero-order chi connectivity index (χ0) is 14.1. The van der Waals surface area contributed by atoms with Gasteiger partial charge in [0.05, 0.1) is 6.54 Å². The molecule has 0 aliphatic rings. The van der Waals surface area contributed by atoms with Gasteiger partial charge in [-0.2, -0.15) is 0 Å². The molecule has 0 radical (unpaired) electrons. The van der Waals surface area contributed by atoms with Crippen LogP contribution in [0.5, 0.6) is 5.75 Å². The van der Waals surface area contributed by atoms with Gasteiger partial charge in [-0.05, 0) is 32.4 Å². The number of rotatable bonds is 8. The summed E-state index contributed by atoms with van der Waals surface area (Å²) in [6.45, 7) is 7.61. The molecule has 0 saturated heterocycles. The van der Waals surface area contributed by atoms with Gasteiger partial charge >= 0.3 is 0 Å². The van der Waals surface area contributed by atoms with Crippen LogP contribution in [0, 0.1) is 0 Å². The molecule has 0 aliphatic carbocycles. The van der Waals surface area contributed by atoms with Crippen LogP contribution >= 0.6 is 0 Å². The molecule has 1 aromatic carbocycles. The maximum absolute atomic E-state index is 11.6. The van der Waals surface area contributed by atoms with Gasteiger partial charge in [0.1, 0.15) is 12.4 Å². The maximum atomic E-state index is 11.6. The molecule has 4 heteroatoms. The van der Waals surface area contributed by atoms with Crippen LogP contribution in [0.25, 0.3) is 0 Å². The van der Waals surface area contributed by atoms with Crippen LogP contribution in [0.2, 0.25) is 0 Å². The second-order valence-electron chi connectivity index (χ2n) is 5.12. The Labute approximate surface area is 115 Å². The zero-order valence-corrected chi connectivity index (χ0v) is 12.0. The number of ether oxygens (including phenoxy) is 1. The van der Waals surface area contributed by atoms with E-state index in [1.165, 1.54) is 0 Å². The molecule has 1 aromatic rings. The molecular weight excluding hydrogens is 240 g/mol. The van der Waals surface area contributed by atoms with Gasteiger partial charge in [-0.3, -0.25) is 4.79 Å². The number of amides is 1. The lowest BCUT2D eigenvalue weighted by atomic mass is 10.0. The van der Waals surface area contributed by atoms with E-state index in [-0.39, 0.29) is 11.4 Å². The number of carbonyl (C=O) groups excluding carboxylic acids is 1. The summed E-state index contributed by atoms with van der Waals surface area (Å²) in [7, 11) is 0. The van der Waals surface area contributed by atoms with E-state index in [9.17, 15) is 4.79 Å². The average molecular weight is 264 g/mol. The molecule has 0 fully saturated rings. The lowest BCUT2D eigenvalue weighted by Crippen LogP contribution is -2.46. The third-order valence-electron chi connectivity index (χ3n) is 2.94. The highest BCUT2D eigenvalue weighted by Gasteiger charge is 2.16. The van der Waals surface area contributed by atoms with Crippen molar-refractivity contribution >= 4 is 5.91 Å². The molecule has 1 rings (SSSR count). The molecule has 2 N–H and O–H groups in total. The Balaban J connectivity index is 2.09. The SMILES string of the molecule is CCC(C)(C)NC(=O)CNCCOc1ccccc1. The van der Waals surface area contributed by atoms with E-state index in [1.54, 1.807) is 0 Å². The van der Waals surface area contributed by atoms with Gasteiger partial charge in [0, 0.05) is 12.1 Å². The summed E-state index contributed by atoms with van der Waals surface area (Å²) in [5.41, 5.74) is -0.140. The Kier molecular flexibility index (Phi) is 6.36. The average Bonchev–Trinajstić information content (AvgIpc) is 2.39. The molecule has 1 amide bonds. The minimum absolute atomic E-state index is 0.0200. The zero-order valence-electron chi connectivity index (χ0n) is 12.0. The fraction of sp³-hybridized carbons (Fsp3) is 0.533. The normalized spacial score (nSPS) is 11.1. The Morgan fingerprint density at radius 1 is 1.26 bits per heavy atom. The van der Waals surface area contributed by atoms with Crippen molar-refractivity contribution in [1.29, 1.82) is 0 Å². The summed E-state index contributed by atoms with van der Waals surface area (Å²) < 4.78 is 5.52. The van der Waals surface area contributed by atoms with Crippen molar-refractivity contribution in [3.05, 3.63) is 30.3 Å². The van der Waals surface area contributed by atoms with Crippen molar-refractivity contribution < 1.29 is 9.53 Å². The summed E-state index contributed by atoms with van der Waals surface area (Å²) in [5.74, 6) is 0.868. The van der Waals surface area contributed by atoms with E-state index >= 15 is 0 Å². The van der Waals surface area contributed by atoms with E-state index in [2.05, 4.69) is 17.6 Å². The summed E-state index contributed by atoms with van der Waals surface area (Å²) in [6, 6.07) is 9.64. The fourth-order valence-electron chi connectivity index (χ4n) is 1.47. The van der Waals surface area contributed by atoms with Gasteiger partial charge in [-0.15, -0.1) is 0 Å². The predicted octanol–water partition coefficient (Wildman–Crippen LogP) is 1.96. The first-order valence-electron chi connectivity index (χ1n) is 6.73. The summed E-state index contributed by atoms with van der Waals surface area (Å²) in [5, 5.41) is 6.04. The van der Waals surface area contributed by atoms with Crippen molar-refractivity contribution in [2.24, 2.45) is 0 Å². The largest absolute Gasteiger partial charge is 0.492 e. The standard InChI is InChI=1S/C15H24N2O2/c1-4-15(2,3)17-14(18)12-16-10-11-19-13-8-6-5-7-9-13/h5-9,16H,4,10-12H2,1-3H3,(H,17,18). The van der Waals surface area contributed by atoms with Gasteiger partial charge in [-0.25, -0.2) is 0 Å². The van der Waals surface area contributed by atoms with Crippen molar-refractivity contribution in [3.63, 3.8) is 0 Å². The van der Waals surface area contributed by atoms with Gasteiger partial charge in [0.2, 0.25) is 5.91 Å². The topological polar surface area (TPSA) is 50.4 Å². The smallest absolute Gasteiger partial charge is 0.234 e.